The van der Waals surface area contributed by atoms with E-state index in [0.29, 0.717) is 11.3 Å². The molecule has 0 bridgehead atoms. The number of amides is 1. The van der Waals surface area contributed by atoms with E-state index in [1.54, 1.807) is 18.2 Å². The van der Waals surface area contributed by atoms with E-state index in [0.717, 1.165) is 21.3 Å². The summed E-state index contributed by atoms with van der Waals surface area (Å²) in [7, 11) is 0. The number of hydrogen-bond donors (Lipinski definition) is 2. The highest BCUT2D eigenvalue weighted by atomic mass is 79.9. The summed E-state index contributed by atoms with van der Waals surface area (Å²) >= 11 is 3.40. The molecule has 0 fully saturated rings. The molecular weight excluding hydrogens is 304 g/mol. The van der Waals surface area contributed by atoms with E-state index in [1.165, 1.54) is 0 Å². The number of nitrogens with one attached hydrogen (secondary N) is 1. The Morgan fingerprint density at radius 2 is 1.95 bits per heavy atom. The average Bonchev–Trinajstić information content (AvgIpc) is 2.37. The minimum atomic E-state index is -0.147. The van der Waals surface area contributed by atoms with Crippen LogP contribution in [0.25, 0.3) is 0 Å². The maximum atomic E-state index is 12.3. The van der Waals surface area contributed by atoms with Crippen molar-refractivity contribution in [2.45, 2.75) is 13.8 Å². The first kappa shape index (κ1) is 13.6. The summed E-state index contributed by atoms with van der Waals surface area (Å²) in [6, 6.07) is 11.1. The monoisotopic (exact) mass is 318 g/mol. The summed E-state index contributed by atoms with van der Waals surface area (Å²) in [4.78, 5) is 12.3. The van der Waals surface area contributed by atoms with Gasteiger partial charge < -0.3 is 11.1 Å². The predicted molar refractivity (Wildman–Crippen MR) is 82.4 cm³/mol. The second-order valence-corrected chi connectivity index (χ2v) is 5.35. The topological polar surface area (TPSA) is 55.1 Å². The van der Waals surface area contributed by atoms with Crippen LogP contribution in [0, 0.1) is 13.8 Å². The number of hydrogen-bond acceptors (Lipinski definition) is 2. The first-order valence-corrected chi connectivity index (χ1v) is 6.71. The molecule has 0 aliphatic heterocycles. The fourth-order valence-corrected chi connectivity index (χ4v) is 2.18. The van der Waals surface area contributed by atoms with Gasteiger partial charge in [-0.15, -0.1) is 0 Å². The van der Waals surface area contributed by atoms with E-state index in [9.17, 15) is 4.79 Å². The summed E-state index contributed by atoms with van der Waals surface area (Å²) in [5, 5.41) is 2.91. The quantitative estimate of drug-likeness (QED) is 0.825. The predicted octanol–water partition coefficient (Wildman–Crippen LogP) is 3.90. The maximum absolute atomic E-state index is 12.3. The molecular formula is C15H15BrN2O. The number of aryl methyl sites for hydroxylation is 1. The van der Waals surface area contributed by atoms with Crippen molar-refractivity contribution < 1.29 is 4.79 Å². The van der Waals surface area contributed by atoms with E-state index < -0.39 is 0 Å². The zero-order valence-corrected chi connectivity index (χ0v) is 12.4. The van der Waals surface area contributed by atoms with Crippen LogP contribution in [-0.2, 0) is 0 Å². The highest BCUT2D eigenvalue weighted by Crippen LogP contribution is 2.22. The summed E-state index contributed by atoms with van der Waals surface area (Å²) in [5.74, 6) is -0.147. The van der Waals surface area contributed by atoms with E-state index in [1.807, 2.05) is 32.0 Å². The third-order valence-corrected chi connectivity index (χ3v) is 3.56. The van der Waals surface area contributed by atoms with E-state index in [4.69, 9.17) is 5.73 Å². The highest BCUT2D eigenvalue weighted by Gasteiger charge is 2.11. The third-order valence-electron chi connectivity index (χ3n) is 3.07. The molecule has 19 heavy (non-hydrogen) atoms. The van der Waals surface area contributed by atoms with Crippen molar-refractivity contribution in [2.75, 3.05) is 11.1 Å². The van der Waals surface area contributed by atoms with Gasteiger partial charge in [-0.3, -0.25) is 4.79 Å². The van der Waals surface area contributed by atoms with Crippen LogP contribution in [0.4, 0.5) is 11.4 Å². The van der Waals surface area contributed by atoms with E-state index >= 15 is 0 Å². The van der Waals surface area contributed by atoms with Crippen molar-refractivity contribution >= 4 is 33.2 Å². The number of benzene rings is 2. The molecule has 0 saturated heterocycles. The molecule has 0 aliphatic rings. The summed E-state index contributed by atoms with van der Waals surface area (Å²) in [5.41, 5.74) is 9.64. The number of anilines is 2. The molecule has 2 rings (SSSR count). The molecule has 0 aliphatic carbocycles. The molecule has 0 atom stereocenters. The van der Waals surface area contributed by atoms with Crippen LogP contribution in [0.2, 0.25) is 0 Å². The average molecular weight is 319 g/mol. The molecule has 4 heteroatoms. The zero-order chi connectivity index (χ0) is 14.0. The van der Waals surface area contributed by atoms with Crippen LogP contribution < -0.4 is 11.1 Å². The molecule has 1 amide bonds. The largest absolute Gasteiger partial charge is 0.398 e. The fraction of sp³-hybridized carbons (Fsp3) is 0.133. The van der Waals surface area contributed by atoms with Crippen LogP contribution >= 0.6 is 15.9 Å². The van der Waals surface area contributed by atoms with Crippen LogP contribution in [0.15, 0.2) is 40.9 Å². The Hall–Kier alpha value is -1.81. The Morgan fingerprint density at radius 3 is 2.68 bits per heavy atom. The molecule has 98 valence electrons. The van der Waals surface area contributed by atoms with Gasteiger partial charge in [0.05, 0.1) is 0 Å². The maximum Gasteiger partial charge on any atom is 0.256 e. The smallest absolute Gasteiger partial charge is 0.256 e. The molecule has 3 nitrogen and oxygen atoms in total. The number of carbonyl (C=O) groups is 1. The molecule has 0 aromatic heterocycles. The van der Waals surface area contributed by atoms with Crippen LogP contribution in [0.3, 0.4) is 0 Å². The number of nitrogen functional groups attached to an aromatic ring is 1. The SMILES string of the molecule is Cc1ccc(Br)cc1NC(=O)c1cccc(N)c1C. The Morgan fingerprint density at radius 1 is 1.21 bits per heavy atom. The molecule has 0 radical (unpaired) electrons. The van der Waals surface area contributed by atoms with Gasteiger partial charge in [0.2, 0.25) is 0 Å². The lowest BCUT2D eigenvalue weighted by molar-refractivity contribution is 0.102. The van der Waals surface area contributed by atoms with E-state index in [-0.39, 0.29) is 5.91 Å². The number of nitrogens with two attached hydrogens (primary N) is 1. The molecule has 3 N–H and O–H groups in total. The van der Waals surface area contributed by atoms with Gasteiger partial charge >= 0.3 is 0 Å². The highest BCUT2D eigenvalue weighted by molar-refractivity contribution is 9.10. The van der Waals surface area contributed by atoms with Gasteiger partial charge in [0.15, 0.2) is 0 Å². The lowest BCUT2D eigenvalue weighted by atomic mass is 10.1. The normalized spacial score (nSPS) is 10.3. The first-order valence-electron chi connectivity index (χ1n) is 5.91. The number of carbonyl (C=O) groups excluding carboxylic acids is 1. The minimum absolute atomic E-state index is 0.147. The molecule has 0 unspecified atom stereocenters. The van der Waals surface area contributed by atoms with Gasteiger partial charge in [0.1, 0.15) is 0 Å². The Kier molecular flexibility index (Phi) is 3.90. The number of rotatable bonds is 2. The van der Waals surface area contributed by atoms with Crippen molar-refractivity contribution in [3.63, 3.8) is 0 Å². The van der Waals surface area contributed by atoms with Gasteiger partial charge in [-0.2, -0.15) is 0 Å². The lowest BCUT2D eigenvalue weighted by Gasteiger charge is -2.11. The molecule has 0 spiro atoms. The van der Waals surface area contributed by atoms with Gasteiger partial charge in [0.25, 0.3) is 5.91 Å². The van der Waals surface area contributed by atoms with Crippen LogP contribution in [0.1, 0.15) is 21.5 Å². The summed E-state index contributed by atoms with van der Waals surface area (Å²) in [6.07, 6.45) is 0. The molecule has 2 aromatic carbocycles. The van der Waals surface area contributed by atoms with Gasteiger partial charge in [-0.05, 0) is 49.2 Å². The van der Waals surface area contributed by atoms with Crippen molar-refractivity contribution in [1.29, 1.82) is 0 Å². The van der Waals surface area contributed by atoms with Crippen LogP contribution in [0.5, 0.6) is 0 Å². The first-order chi connectivity index (χ1) is 8.99. The van der Waals surface area contributed by atoms with Gasteiger partial charge in [0, 0.05) is 21.4 Å². The molecule has 0 saturated carbocycles. The Balaban J connectivity index is 2.31. The van der Waals surface area contributed by atoms with Crippen molar-refractivity contribution in [3.8, 4) is 0 Å². The summed E-state index contributed by atoms with van der Waals surface area (Å²) < 4.78 is 0.928. The fourth-order valence-electron chi connectivity index (χ4n) is 1.82. The van der Waals surface area contributed by atoms with Crippen molar-refractivity contribution in [3.05, 3.63) is 57.6 Å². The molecule has 0 heterocycles. The van der Waals surface area contributed by atoms with Gasteiger partial charge in [-0.25, -0.2) is 0 Å². The third kappa shape index (κ3) is 2.96. The van der Waals surface area contributed by atoms with Crippen molar-refractivity contribution in [2.24, 2.45) is 0 Å². The van der Waals surface area contributed by atoms with E-state index in [2.05, 4.69) is 21.2 Å². The number of halogens is 1. The summed E-state index contributed by atoms with van der Waals surface area (Å²) in [6.45, 7) is 3.80. The minimum Gasteiger partial charge on any atom is -0.398 e. The zero-order valence-electron chi connectivity index (χ0n) is 10.8. The second kappa shape index (κ2) is 5.45. The van der Waals surface area contributed by atoms with Crippen molar-refractivity contribution in [1.82, 2.24) is 0 Å². The Bertz CT molecular complexity index is 638. The van der Waals surface area contributed by atoms with Gasteiger partial charge in [-0.1, -0.05) is 28.1 Å². The molecule has 2 aromatic rings. The lowest BCUT2D eigenvalue weighted by Crippen LogP contribution is -2.14. The standard InChI is InChI=1S/C15H15BrN2O/c1-9-6-7-11(16)8-14(9)18-15(19)12-4-3-5-13(17)10(12)2/h3-8H,17H2,1-2H3,(H,18,19). The second-order valence-electron chi connectivity index (χ2n) is 4.43. The Labute approximate surface area is 121 Å². The van der Waals surface area contributed by atoms with Crippen LogP contribution in [-0.4, -0.2) is 5.91 Å².